The minimum atomic E-state index is -3.30. The van der Waals surface area contributed by atoms with Crippen molar-refractivity contribution in [1.29, 1.82) is 0 Å². The second-order valence-electron chi connectivity index (χ2n) is 6.27. The van der Waals surface area contributed by atoms with E-state index in [1.807, 2.05) is 0 Å². The highest BCUT2D eigenvalue weighted by Gasteiger charge is 2.50. The molecule has 1 heterocycles. The standard InChI is InChI=1S/C15H26F2N2O2/c1-19(12-6-3-2-4-7-12)9-5-8-18-11-13-10-15(16,17)14(20)21-13/h12-13,18H,2-11H2,1H3. The molecule has 122 valence electrons. The summed E-state index contributed by atoms with van der Waals surface area (Å²) >= 11 is 0. The Morgan fingerprint density at radius 2 is 2.05 bits per heavy atom. The molecule has 2 rings (SSSR count). The third-order valence-electron chi connectivity index (χ3n) is 4.49. The van der Waals surface area contributed by atoms with Crippen molar-refractivity contribution in [2.75, 3.05) is 26.7 Å². The van der Waals surface area contributed by atoms with Crippen LogP contribution in [-0.2, 0) is 9.53 Å². The Morgan fingerprint density at radius 1 is 1.33 bits per heavy atom. The second kappa shape index (κ2) is 7.49. The molecule has 0 aromatic heterocycles. The van der Waals surface area contributed by atoms with Gasteiger partial charge in [-0.25, -0.2) is 4.79 Å². The number of hydrogen-bond donors (Lipinski definition) is 1. The number of alkyl halides is 2. The molecule has 1 unspecified atom stereocenters. The highest BCUT2D eigenvalue weighted by molar-refractivity contribution is 5.79. The first-order valence-electron chi connectivity index (χ1n) is 7.99. The van der Waals surface area contributed by atoms with E-state index < -0.39 is 24.4 Å². The largest absolute Gasteiger partial charge is 0.456 e. The number of cyclic esters (lactones) is 1. The Hall–Kier alpha value is -0.750. The average molecular weight is 304 g/mol. The van der Waals surface area contributed by atoms with Gasteiger partial charge >= 0.3 is 11.9 Å². The molecule has 0 bridgehead atoms. The van der Waals surface area contributed by atoms with E-state index in [9.17, 15) is 13.6 Å². The first-order valence-corrected chi connectivity index (χ1v) is 7.99. The second-order valence-corrected chi connectivity index (χ2v) is 6.27. The Kier molecular flexibility index (Phi) is 5.93. The zero-order valence-electron chi connectivity index (χ0n) is 12.7. The zero-order chi connectivity index (χ0) is 15.3. The third-order valence-corrected chi connectivity index (χ3v) is 4.49. The van der Waals surface area contributed by atoms with Gasteiger partial charge in [-0.3, -0.25) is 0 Å². The van der Waals surface area contributed by atoms with Crippen molar-refractivity contribution in [3.05, 3.63) is 0 Å². The molecule has 1 aliphatic carbocycles. The molecule has 0 spiro atoms. The molecule has 1 atom stereocenters. The molecule has 1 aliphatic heterocycles. The average Bonchev–Trinajstić information content (AvgIpc) is 2.72. The maximum absolute atomic E-state index is 13.0. The summed E-state index contributed by atoms with van der Waals surface area (Å²) in [6, 6.07) is 0.702. The molecule has 0 amide bonds. The van der Waals surface area contributed by atoms with Gasteiger partial charge in [0.2, 0.25) is 0 Å². The number of nitrogens with zero attached hydrogens (tertiary/aromatic N) is 1. The van der Waals surface area contributed by atoms with E-state index in [1.165, 1.54) is 32.1 Å². The highest BCUT2D eigenvalue weighted by Crippen LogP contribution is 2.30. The van der Waals surface area contributed by atoms with Gasteiger partial charge in [-0.15, -0.1) is 0 Å². The van der Waals surface area contributed by atoms with Gasteiger partial charge in [0.05, 0.1) is 6.42 Å². The van der Waals surface area contributed by atoms with Gasteiger partial charge in [0.15, 0.2) is 0 Å². The number of ether oxygens (including phenoxy) is 1. The molecule has 1 saturated carbocycles. The zero-order valence-corrected chi connectivity index (χ0v) is 12.7. The molecular formula is C15H26F2N2O2. The summed E-state index contributed by atoms with van der Waals surface area (Å²) in [5.74, 6) is -4.68. The van der Waals surface area contributed by atoms with E-state index in [0.29, 0.717) is 12.6 Å². The highest BCUT2D eigenvalue weighted by atomic mass is 19.3. The van der Waals surface area contributed by atoms with E-state index in [1.54, 1.807) is 0 Å². The van der Waals surface area contributed by atoms with Crippen LogP contribution in [0, 0.1) is 0 Å². The van der Waals surface area contributed by atoms with Crippen LogP contribution in [-0.4, -0.2) is 55.6 Å². The molecule has 0 radical (unpaired) electrons. The van der Waals surface area contributed by atoms with Crippen LogP contribution in [0.5, 0.6) is 0 Å². The van der Waals surface area contributed by atoms with E-state index >= 15 is 0 Å². The molecule has 4 nitrogen and oxygen atoms in total. The fraction of sp³-hybridized carbons (Fsp3) is 0.933. The summed E-state index contributed by atoms with van der Waals surface area (Å²) in [6.45, 7) is 2.09. The summed E-state index contributed by atoms with van der Waals surface area (Å²) in [4.78, 5) is 13.3. The number of carbonyl (C=O) groups is 1. The van der Waals surface area contributed by atoms with Gasteiger partial charge in [0.1, 0.15) is 6.10 Å². The minimum absolute atomic E-state index is 0.314. The summed E-state index contributed by atoms with van der Waals surface area (Å²) in [6.07, 6.45) is 6.38. The lowest BCUT2D eigenvalue weighted by Crippen LogP contribution is -2.36. The minimum Gasteiger partial charge on any atom is -0.456 e. The quantitative estimate of drug-likeness (QED) is 0.578. The van der Waals surface area contributed by atoms with Gasteiger partial charge in [0.25, 0.3) is 0 Å². The van der Waals surface area contributed by atoms with Gasteiger partial charge < -0.3 is 15.0 Å². The number of hydrogen-bond acceptors (Lipinski definition) is 4. The van der Waals surface area contributed by atoms with Crippen LogP contribution in [0.4, 0.5) is 8.78 Å². The smallest absolute Gasteiger partial charge is 0.377 e. The number of halogens is 2. The molecular weight excluding hydrogens is 278 g/mol. The van der Waals surface area contributed by atoms with Crippen molar-refractivity contribution in [1.82, 2.24) is 10.2 Å². The van der Waals surface area contributed by atoms with Crippen molar-refractivity contribution >= 4 is 5.97 Å². The lowest BCUT2D eigenvalue weighted by Gasteiger charge is -2.31. The van der Waals surface area contributed by atoms with E-state index in [4.69, 9.17) is 0 Å². The fourth-order valence-corrected chi connectivity index (χ4v) is 3.18. The summed E-state index contributed by atoms with van der Waals surface area (Å²) < 4.78 is 30.6. The van der Waals surface area contributed by atoms with E-state index in [-0.39, 0.29) is 0 Å². The van der Waals surface area contributed by atoms with E-state index in [2.05, 4.69) is 22.0 Å². The predicted octanol–water partition coefficient (Wildman–Crippen LogP) is 2.18. The summed E-state index contributed by atoms with van der Waals surface area (Å²) in [5, 5.41) is 3.11. The maximum atomic E-state index is 13.0. The molecule has 6 heteroatoms. The van der Waals surface area contributed by atoms with Crippen molar-refractivity contribution in [3.8, 4) is 0 Å². The topological polar surface area (TPSA) is 41.6 Å². The Morgan fingerprint density at radius 3 is 2.67 bits per heavy atom. The van der Waals surface area contributed by atoms with Crippen molar-refractivity contribution < 1.29 is 18.3 Å². The van der Waals surface area contributed by atoms with Gasteiger partial charge in [-0.1, -0.05) is 19.3 Å². The lowest BCUT2D eigenvalue weighted by atomic mass is 9.94. The molecule has 21 heavy (non-hydrogen) atoms. The van der Waals surface area contributed by atoms with Crippen molar-refractivity contribution in [2.24, 2.45) is 0 Å². The predicted molar refractivity (Wildman–Crippen MR) is 76.4 cm³/mol. The molecule has 0 aromatic rings. The van der Waals surface area contributed by atoms with Crippen LogP contribution in [0.15, 0.2) is 0 Å². The fourth-order valence-electron chi connectivity index (χ4n) is 3.18. The molecule has 2 aliphatic rings. The first-order chi connectivity index (χ1) is 9.99. The first kappa shape index (κ1) is 16.6. The summed E-state index contributed by atoms with van der Waals surface area (Å²) in [7, 11) is 2.16. The van der Waals surface area contributed by atoms with Gasteiger partial charge in [-0.05, 0) is 39.4 Å². The van der Waals surface area contributed by atoms with Gasteiger partial charge in [-0.2, -0.15) is 8.78 Å². The number of nitrogens with one attached hydrogen (secondary N) is 1. The third kappa shape index (κ3) is 4.88. The van der Waals surface area contributed by atoms with Gasteiger partial charge in [0, 0.05) is 12.6 Å². The molecule has 0 aromatic carbocycles. The Labute approximate surface area is 125 Å². The van der Waals surface area contributed by atoms with Crippen LogP contribution in [0.25, 0.3) is 0 Å². The van der Waals surface area contributed by atoms with Crippen LogP contribution < -0.4 is 5.32 Å². The molecule has 2 fully saturated rings. The van der Waals surface area contributed by atoms with Crippen LogP contribution in [0.3, 0.4) is 0 Å². The van der Waals surface area contributed by atoms with Crippen LogP contribution in [0.2, 0.25) is 0 Å². The number of rotatable bonds is 7. The summed E-state index contributed by atoms with van der Waals surface area (Å²) in [5.41, 5.74) is 0. The molecule has 1 saturated heterocycles. The maximum Gasteiger partial charge on any atom is 0.377 e. The van der Waals surface area contributed by atoms with Crippen molar-refractivity contribution in [3.63, 3.8) is 0 Å². The van der Waals surface area contributed by atoms with E-state index in [0.717, 1.165) is 19.5 Å². The van der Waals surface area contributed by atoms with Crippen molar-refractivity contribution in [2.45, 2.75) is 63.0 Å². The monoisotopic (exact) mass is 304 g/mol. The van der Waals surface area contributed by atoms with Crippen LogP contribution in [0.1, 0.15) is 44.9 Å². The Balaban J connectivity index is 1.53. The SMILES string of the molecule is CN(CCCNCC1CC(F)(F)C(=O)O1)C1CCCCC1. The Bertz CT molecular complexity index is 347. The van der Waals surface area contributed by atoms with Crippen LogP contribution >= 0.6 is 0 Å². The normalized spacial score (nSPS) is 26.3. The number of carbonyl (C=O) groups excluding carboxylic acids is 1. The lowest BCUT2D eigenvalue weighted by molar-refractivity contribution is -0.159. The molecule has 1 N–H and O–H groups in total. The number of esters is 1.